The summed E-state index contributed by atoms with van der Waals surface area (Å²) >= 11 is 0. The highest BCUT2D eigenvalue weighted by molar-refractivity contribution is 5.17. The molecule has 4 rings (SSSR count). The number of nitrogens with two attached hydrogens (primary N) is 1. The summed E-state index contributed by atoms with van der Waals surface area (Å²) in [4.78, 5) is 15.9. The Balaban J connectivity index is 2.01. The van der Waals surface area contributed by atoms with Crippen LogP contribution in [0.4, 0.5) is 0 Å². The van der Waals surface area contributed by atoms with E-state index in [9.17, 15) is 10.1 Å². The van der Waals surface area contributed by atoms with Crippen molar-refractivity contribution >= 4 is 0 Å². The van der Waals surface area contributed by atoms with E-state index in [1.807, 2.05) is 6.92 Å². The topological polar surface area (TPSA) is 78.4 Å². The van der Waals surface area contributed by atoms with Gasteiger partial charge in [-0.2, -0.15) is 0 Å². The van der Waals surface area contributed by atoms with Gasteiger partial charge in [-0.25, -0.2) is 0 Å². The third kappa shape index (κ3) is 2.16. The lowest BCUT2D eigenvalue weighted by atomic mass is 9.34. The summed E-state index contributed by atoms with van der Waals surface area (Å²) in [5.74, 6) is 0. The Hall–Kier alpha value is -0.840. The van der Waals surface area contributed by atoms with Gasteiger partial charge in [-0.1, -0.05) is 20.3 Å². The van der Waals surface area contributed by atoms with Crippen LogP contribution in [0.3, 0.4) is 0 Å². The van der Waals surface area contributed by atoms with E-state index < -0.39 is 5.09 Å². The molecule has 4 aliphatic rings. The zero-order valence-electron chi connectivity index (χ0n) is 13.5. The fourth-order valence-corrected chi connectivity index (χ4v) is 6.96. The average molecular weight is 296 g/mol. The maximum Gasteiger partial charge on any atom is 0.294 e. The van der Waals surface area contributed by atoms with Gasteiger partial charge in [0, 0.05) is 0 Å². The highest BCUT2D eigenvalue weighted by Gasteiger charge is 2.67. The van der Waals surface area contributed by atoms with Crippen LogP contribution in [-0.2, 0) is 4.84 Å². The molecular formula is C16H28N2O3. The quantitative estimate of drug-likeness (QED) is 0.623. The largest absolute Gasteiger partial charge is 0.330 e. The molecule has 0 amide bonds. The van der Waals surface area contributed by atoms with Crippen molar-refractivity contribution < 1.29 is 9.92 Å². The lowest BCUT2D eigenvalue weighted by molar-refractivity contribution is -0.772. The van der Waals surface area contributed by atoms with Crippen molar-refractivity contribution in [3.05, 3.63) is 10.1 Å². The smallest absolute Gasteiger partial charge is 0.294 e. The summed E-state index contributed by atoms with van der Waals surface area (Å²) in [5, 5.41) is 10.2. The van der Waals surface area contributed by atoms with Crippen LogP contribution < -0.4 is 5.73 Å². The summed E-state index contributed by atoms with van der Waals surface area (Å²) in [6.45, 7) is 7.24. The predicted octanol–water partition coefficient (Wildman–Crippen LogP) is 3.30. The molecule has 5 nitrogen and oxygen atoms in total. The molecule has 5 heteroatoms. The number of hydrogen-bond donors (Lipinski definition) is 1. The minimum absolute atomic E-state index is 0.0635. The zero-order valence-corrected chi connectivity index (χ0v) is 13.5. The van der Waals surface area contributed by atoms with Gasteiger partial charge < -0.3 is 10.6 Å². The standard InChI is InChI=1S/C16H28N2O3/c1-4-14-5-13(3)6-15(8-14,11-17)10-16(7-13,9-14)12(2)21-18(19)20/h12H,4-11,17H2,1-3H3. The minimum atomic E-state index is -0.612. The molecule has 0 aromatic heterocycles. The van der Waals surface area contributed by atoms with Crippen LogP contribution in [0.5, 0.6) is 0 Å². The molecule has 5 unspecified atom stereocenters. The first kappa shape index (κ1) is 15.1. The van der Waals surface area contributed by atoms with Crippen molar-refractivity contribution in [2.45, 2.75) is 71.8 Å². The lowest BCUT2D eigenvalue weighted by Gasteiger charge is -2.71. The van der Waals surface area contributed by atoms with Gasteiger partial charge in [0.2, 0.25) is 0 Å². The van der Waals surface area contributed by atoms with Crippen LogP contribution in [0.2, 0.25) is 0 Å². The van der Waals surface area contributed by atoms with E-state index in [-0.39, 0.29) is 22.3 Å². The van der Waals surface area contributed by atoms with E-state index in [0.29, 0.717) is 12.0 Å². The number of rotatable bonds is 5. The monoisotopic (exact) mass is 296 g/mol. The SMILES string of the molecule is CCC12CC3(C)CC(CN)(C1)CC(C(C)O[N+](=O)[O-])(C3)C2. The molecule has 0 radical (unpaired) electrons. The normalized spacial score (nSPS) is 49.1. The van der Waals surface area contributed by atoms with Gasteiger partial charge in [-0.15, -0.1) is 10.1 Å². The van der Waals surface area contributed by atoms with Crippen LogP contribution in [0.15, 0.2) is 0 Å². The van der Waals surface area contributed by atoms with E-state index in [2.05, 4.69) is 13.8 Å². The highest BCUT2D eigenvalue weighted by Crippen LogP contribution is 2.75. The molecule has 4 saturated carbocycles. The maximum atomic E-state index is 10.8. The number of hydrogen-bond acceptors (Lipinski definition) is 4. The van der Waals surface area contributed by atoms with E-state index in [0.717, 1.165) is 25.7 Å². The fraction of sp³-hybridized carbons (Fsp3) is 1.00. The molecule has 120 valence electrons. The van der Waals surface area contributed by atoms with Gasteiger partial charge in [-0.3, -0.25) is 0 Å². The molecular weight excluding hydrogens is 268 g/mol. The molecule has 0 aromatic rings. The molecule has 4 fully saturated rings. The summed E-state index contributed by atoms with van der Waals surface area (Å²) < 4.78 is 0. The Bertz CT molecular complexity index is 444. The van der Waals surface area contributed by atoms with E-state index in [1.54, 1.807) is 0 Å². The van der Waals surface area contributed by atoms with E-state index in [1.165, 1.54) is 19.3 Å². The fourth-order valence-electron chi connectivity index (χ4n) is 6.96. The van der Waals surface area contributed by atoms with Crippen molar-refractivity contribution in [1.82, 2.24) is 0 Å². The molecule has 5 atom stereocenters. The Morgan fingerprint density at radius 1 is 1.19 bits per heavy atom. The first-order valence-electron chi connectivity index (χ1n) is 8.21. The molecule has 0 aromatic carbocycles. The Morgan fingerprint density at radius 3 is 2.38 bits per heavy atom. The maximum absolute atomic E-state index is 10.8. The van der Waals surface area contributed by atoms with Crippen molar-refractivity contribution in [3.63, 3.8) is 0 Å². The summed E-state index contributed by atoms with van der Waals surface area (Å²) in [6.07, 6.45) is 7.59. The van der Waals surface area contributed by atoms with E-state index in [4.69, 9.17) is 10.6 Å². The second-order valence-corrected chi connectivity index (χ2v) is 8.76. The summed E-state index contributed by atoms with van der Waals surface area (Å²) in [7, 11) is 0. The van der Waals surface area contributed by atoms with Gasteiger partial charge in [0.15, 0.2) is 0 Å². The van der Waals surface area contributed by atoms with Crippen molar-refractivity contribution in [1.29, 1.82) is 0 Å². The van der Waals surface area contributed by atoms with Crippen LogP contribution in [0, 0.1) is 31.8 Å². The summed E-state index contributed by atoms with van der Waals surface area (Å²) in [6, 6.07) is 0. The Morgan fingerprint density at radius 2 is 1.81 bits per heavy atom. The van der Waals surface area contributed by atoms with Gasteiger partial charge >= 0.3 is 0 Å². The van der Waals surface area contributed by atoms with Crippen LogP contribution in [-0.4, -0.2) is 17.7 Å². The van der Waals surface area contributed by atoms with E-state index >= 15 is 0 Å². The van der Waals surface area contributed by atoms with Crippen LogP contribution in [0.1, 0.15) is 65.7 Å². The van der Waals surface area contributed by atoms with Crippen molar-refractivity contribution in [2.75, 3.05) is 6.54 Å². The molecule has 0 heterocycles. The molecule has 21 heavy (non-hydrogen) atoms. The third-order valence-corrected chi connectivity index (χ3v) is 6.88. The molecule has 4 aliphatic carbocycles. The first-order valence-corrected chi connectivity index (χ1v) is 8.21. The zero-order chi connectivity index (χ0) is 15.5. The molecule has 0 aliphatic heterocycles. The predicted molar refractivity (Wildman–Crippen MR) is 80.0 cm³/mol. The van der Waals surface area contributed by atoms with Gasteiger partial charge in [0.25, 0.3) is 5.09 Å². The van der Waals surface area contributed by atoms with Crippen molar-refractivity contribution in [2.24, 2.45) is 27.4 Å². The van der Waals surface area contributed by atoms with Crippen LogP contribution in [0.25, 0.3) is 0 Å². The molecule has 4 bridgehead atoms. The first-order chi connectivity index (χ1) is 9.70. The van der Waals surface area contributed by atoms with Gasteiger partial charge in [-0.05, 0) is 73.7 Å². The molecule has 0 spiro atoms. The molecule has 0 saturated heterocycles. The van der Waals surface area contributed by atoms with Gasteiger partial charge in [0.05, 0.1) is 0 Å². The van der Waals surface area contributed by atoms with Crippen LogP contribution >= 0.6 is 0 Å². The second-order valence-electron chi connectivity index (χ2n) is 8.76. The average Bonchev–Trinajstić information content (AvgIpc) is 2.35. The lowest BCUT2D eigenvalue weighted by Crippen LogP contribution is -2.64. The number of nitrogens with zero attached hydrogens (tertiary/aromatic N) is 1. The summed E-state index contributed by atoms with van der Waals surface area (Å²) in [5.41, 5.74) is 6.89. The van der Waals surface area contributed by atoms with Gasteiger partial charge in [0.1, 0.15) is 6.10 Å². The van der Waals surface area contributed by atoms with Crippen molar-refractivity contribution in [3.8, 4) is 0 Å². The third-order valence-electron chi connectivity index (χ3n) is 6.88. The Labute approximate surface area is 126 Å². The Kier molecular flexibility index (Phi) is 3.11. The molecule has 2 N–H and O–H groups in total. The second kappa shape index (κ2) is 4.34. The highest BCUT2D eigenvalue weighted by atomic mass is 17.0. The minimum Gasteiger partial charge on any atom is -0.330 e.